The third kappa shape index (κ3) is 3.49. The highest BCUT2D eigenvalue weighted by Gasteiger charge is 2.14. The first-order valence-corrected chi connectivity index (χ1v) is 8.93. The zero-order valence-corrected chi connectivity index (χ0v) is 14.9. The Morgan fingerprint density at radius 2 is 1.80 bits per heavy atom. The SMILES string of the molecule is Cc1nc(-c2ccc(CN3CCCCC3)cc2)n(-c2cnn(C)c2)n1. The zero-order valence-electron chi connectivity index (χ0n) is 14.9. The summed E-state index contributed by atoms with van der Waals surface area (Å²) in [4.78, 5) is 7.16. The Morgan fingerprint density at radius 1 is 1.04 bits per heavy atom. The van der Waals surface area contributed by atoms with Gasteiger partial charge in [-0.2, -0.15) is 10.2 Å². The highest BCUT2D eigenvalue weighted by molar-refractivity contribution is 5.58. The maximum absolute atomic E-state index is 4.62. The van der Waals surface area contributed by atoms with E-state index < -0.39 is 0 Å². The Bertz CT molecular complexity index is 839. The molecule has 25 heavy (non-hydrogen) atoms. The average Bonchev–Trinajstić information content (AvgIpc) is 3.22. The van der Waals surface area contributed by atoms with E-state index in [2.05, 4.69) is 44.3 Å². The minimum absolute atomic E-state index is 0.760. The van der Waals surface area contributed by atoms with Crippen molar-refractivity contribution in [3.8, 4) is 17.1 Å². The molecule has 3 aromatic rings. The number of nitrogens with zero attached hydrogens (tertiary/aromatic N) is 6. The van der Waals surface area contributed by atoms with Gasteiger partial charge in [0.05, 0.1) is 12.4 Å². The fraction of sp³-hybridized carbons (Fsp3) is 0.421. The number of likely N-dealkylation sites (tertiary alicyclic amines) is 1. The van der Waals surface area contributed by atoms with E-state index in [4.69, 9.17) is 0 Å². The molecule has 130 valence electrons. The Morgan fingerprint density at radius 3 is 2.48 bits per heavy atom. The van der Waals surface area contributed by atoms with Crippen molar-refractivity contribution in [3.63, 3.8) is 0 Å². The highest BCUT2D eigenvalue weighted by atomic mass is 15.4. The van der Waals surface area contributed by atoms with Gasteiger partial charge in [0.2, 0.25) is 0 Å². The Hall–Kier alpha value is -2.47. The van der Waals surface area contributed by atoms with E-state index in [0.717, 1.165) is 29.4 Å². The van der Waals surface area contributed by atoms with Crippen molar-refractivity contribution in [3.05, 3.63) is 48.0 Å². The number of benzene rings is 1. The van der Waals surface area contributed by atoms with Crippen LogP contribution < -0.4 is 0 Å². The monoisotopic (exact) mass is 336 g/mol. The van der Waals surface area contributed by atoms with Gasteiger partial charge in [-0.3, -0.25) is 9.58 Å². The summed E-state index contributed by atoms with van der Waals surface area (Å²) in [6.45, 7) is 5.39. The minimum Gasteiger partial charge on any atom is -0.299 e. The summed E-state index contributed by atoms with van der Waals surface area (Å²) in [6.07, 6.45) is 7.78. The van der Waals surface area contributed by atoms with Gasteiger partial charge in [-0.25, -0.2) is 9.67 Å². The van der Waals surface area contributed by atoms with Crippen molar-refractivity contribution < 1.29 is 0 Å². The van der Waals surface area contributed by atoms with Crippen molar-refractivity contribution in [1.82, 2.24) is 29.4 Å². The average molecular weight is 336 g/mol. The van der Waals surface area contributed by atoms with E-state index in [1.165, 1.54) is 37.9 Å². The number of hydrogen-bond donors (Lipinski definition) is 0. The van der Waals surface area contributed by atoms with Crippen molar-refractivity contribution in [2.24, 2.45) is 7.05 Å². The fourth-order valence-electron chi connectivity index (χ4n) is 3.43. The number of aromatic nitrogens is 5. The molecule has 6 heteroatoms. The van der Waals surface area contributed by atoms with Gasteiger partial charge in [-0.05, 0) is 38.4 Å². The summed E-state index contributed by atoms with van der Waals surface area (Å²) in [7, 11) is 1.91. The maximum atomic E-state index is 4.62. The van der Waals surface area contributed by atoms with Gasteiger partial charge in [-0.15, -0.1) is 0 Å². The third-order valence-electron chi connectivity index (χ3n) is 4.72. The Balaban J connectivity index is 1.58. The van der Waals surface area contributed by atoms with Gasteiger partial charge < -0.3 is 0 Å². The number of rotatable bonds is 4. The summed E-state index contributed by atoms with van der Waals surface area (Å²) in [5.41, 5.74) is 3.36. The van der Waals surface area contributed by atoms with Gasteiger partial charge in [0.25, 0.3) is 0 Å². The summed E-state index contributed by atoms with van der Waals surface area (Å²) in [5.74, 6) is 1.62. The third-order valence-corrected chi connectivity index (χ3v) is 4.72. The molecule has 0 aliphatic carbocycles. The first-order chi connectivity index (χ1) is 12.2. The molecular weight excluding hydrogens is 312 g/mol. The molecule has 1 fully saturated rings. The van der Waals surface area contributed by atoms with E-state index in [-0.39, 0.29) is 0 Å². The van der Waals surface area contributed by atoms with Crippen LogP contribution in [0.5, 0.6) is 0 Å². The second-order valence-electron chi connectivity index (χ2n) is 6.80. The molecule has 0 atom stereocenters. The minimum atomic E-state index is 0.760. The van der Waals surface area contributed by atoms with Gasteiger partial charge in [0.1, 0.15) is 11.5 Å². The molecule has 1 aliphatic rings. The largest absolute Gasteiger partial charge is 0.299 e. The quantitative estimate of drug-likeness (QED) is 0.735. The van der Waals surface area contributed by atoms with Crippen molar-refractivity contribution in [2.45, 2.75) is 32.7 Å². The van der Waals surface area contributed by atoms with Crippen LogP contribution in [0.4, 0.5) is 0 Å². The van der Waals surface area contributed by atoms with Crippen LogP contribution in [-0.4, -0.2) is 42.5 Å². The van der Waals surface area contributed by atoms with Crippen LogP contribution in [0.1, 0.15) is 30.7 Å². The smallest absolute Gasteiger partial charge is 0.163 e. The number of hydrogen-bond acceptors (Lipinski definition) is 4. The molecule has 0 bridgehead atoms. The van der Waals surface area contributed by atoms with Crippen LogP contribution in [0.15, 0.2) is 36.7 Å². The van der Waals surface area contributed by atoms with E-state index in [0.29, 0.717) is 0 Å². The molecule has 6 nitrogen and oxygen atoms in total. The van der Waals surface area contributed by atoms with E-state index >= 15 is 0 Å². The standard InChI is InChI=1S/C19H24N6/c1-15-21-19(25(22-15)18-12-20-23(2)14-18)17-8-6-16(7-9-17)13-24-10-4-3-5-11-24/h6-9,12,14H,3-5,10-11,13H2,1-2H3. The lowest BCUT2D eigenvalue weighted by molar-refractivity contribution is 0.221. The van der Waals surface area contributed by atoms with E-state index in [1.54, 1.807) is 4.68 Å². The van der Waals surface area contributed by atoms with Gasteiger partial charge >= 0.3 is 0 Å². The molecule has 0 amide bonds. The van der Waals surface area contributed by atoms with Gasteiger partial charge in [0, 0.05) is 19.2 Å². The molecule has 0 N–H and O–H groups in total. The van der Waals surface area contributed by atoms with Crippen molar-refractivity contribution in [1.29, 1.82) is 0 Å². The van der Waals surface area contributed by atoms with Crippen LogP contribution >= 0.6 is 0 Å². The van der Waals surface area contributed by atoms with Crippen molar-refractivity contribution in [2.75, 3.05) is 13.1 Å². The molecule has 0 unspecified atom stereocenters. The number of piperidine rings is 1. The fourth-order valence-corrected chi connectivity index (χ4v) is 3.43. The molecule has 0 spiro atoms. The van der Waals surface area contributed by atoms with Crippen LogP contribution in [-0.2, 0) is 13.6 Å². The zero-order chi connectivity index (χ0) is 17.2. The van der Waals surface area contributed by atoms with Crippen molar-refractivity contribution >= 4 is 0 Å². The molecule has 2 aromatic heterocycles. The molecule has 1 saturated heterocycles. The maximum Gasteiger partial charge on any atom is 0.163 e. The van der Waals surface area contributed by atoms with Gasteiger partial charge in [0.15, 0.2) is 5.82 Å². The second kappa shape index (κ2) is 6.80. The van der Waals surface area contributed by atoms with E-state index in [9.17, 15) is 0 Å². The number of aryl methyl sites for hydroxylation is 2. The van der Waals surface area contributed by atoms with Crippen LogP contribution in [0, 0.1) is 6.92 Å². The lowest BCUT2D eigenvalue weighted by Gasteiger charge is -2.26. The summed E-state index contributed by atoms with van der Waals surface area (Å²) < 4.78 is 3.64. The molecular formula is C19H24N6. The summed E-state index contributed by atoms with van der Waals surface area (Å²) in [5, 5.41) is 8.77. The van der Waals surface area contributed by atoms with Crippen LogP contribution in [0.2, 0.25) is 0 Å². The predicted molar refractivity (Wildman–Crippen MR) is 97.4 cm³/mol. The first-order valence-electron chi connectivity index (χ1n) is 8.93. The molecule has 1 aliphatic heterocycles. The second-order valence-corrected chi connectivity index (χ2v) is 6.80. The highest BCUT2D eigenvalue weighted by Crippen LogP contribution is 2.22. The topological polar surface area (TPSA) is 51.8 Å². The predicted octanol–water partition coefficient (Wildman–Crippen LogP) is 2.96. The molecule has 1 aromatic carbocycles. The first kappa shape index (κ1) is 16.0. The molecule has 0 radical (unpaired) electrons. The van der Waals surface area contributed by atoms with Gasteiger partial charge in [-0.1, -0.05) is 30.7 Å². The van der Waals surface area contributed by atoms with Crippen LogP contribution in [0.25, 0.3) is 17.1 Å². The van der Waals surface area contributed by atoms with Crippen LogP contribution in [0.3, 0.4) is 0 Å². The summed E-state index contributed by atoms with van der Waals surface area (Å²) >= 11 is 0. The van der Waals surface area contributed by atoms with E-state index in [1.807, 2.05) is 31.0 Å². The normalized spacial score (nSPS) is 15.6. The Kier molecular flexibility index (Phi) is 4.36. The molecule has 0 saturated carbocycles. The Labute approximate surface area is 148 Å². The summed E-state index contributed by atoms with van der Waals surface area (Å²) in [6, 6.07) is 8.72. The molecule has 4 rings (SSSR count). The molecule has 3 heterocycles. The lowest BCUT2D eigenvalue weighted by Crippen LogP contribution is -2.29. The lowest BCUT2D eigenvalue weighted by atomic mass is 10.1.